The Balaban J connectivity index is 1.86. The summed E-state index contributed by atoms with van der Waals surface area (Å²) in [5.41, 5.74) is 0. The van der Waals surface area contributed by atoms with Crippen LogP contribution in [0.4, 0.5) is 0 Å². The Kier molecular flexibility index (Phi) is 2.49. The van der Waals surface area contributed by atoms with Gasteiger partial charge in [0.15, 0.2) is 11.5 Å². The van der Waals surface area contributed by atoms with Gasteiger partial charge in [-0.3, -0.25) is 0 Å². The number of fused-ring (bicyclic) bond motifs is 1. The van der Waals surface area contributed by atoms with E-state index in [1.165, 1.54) is 0 Å². The summed E-state index contributed by atoms with van der Waals surface area (Å²) >= 11 is 5.77. The van der Waals surface area contributed by atoms with Crippen molar-refractivity contribution < 1.29 is 14.2 Å². The average Bonchev–Trinajstić information content (AvgIpc) is 2.76. The molecule has 0 aliphatic carbocycles. The SMILES string of the molecule is Clc1cc(Oc2ccc3c(c2)OCO3)ccn1. The second-order valence-electron chi connectivity index (χ2n) is 3.43. The third-order valence-corrected chi connectivity index (χ3v) is 2.48. The predicted octanol–water partition coefficient (Wildman–Crippen LogP) is 3.26. The van der Waals surface area contributed by atoms with Crippen molar-refractivity contribution in [3.8, 4) is 23.0 Å². The molecule has 1 aliphatic rings. The Hall–Kier alpha value is -1.94. The molecule has 0 fully saturated rings. The van der Waals surface area contributed by atoms with Crippen molar-refractivity contribution in [3.63, 3.8) is 0 Å². The number of ether oxygens (including phenoxy) is 3. The molecule has 17 heavy (non-hydrogen) atoms. The summed E-state index contributed by atoms with van der Waals surface area (Å²) < 4.78 is 16.1. The van der Waals surface area contributed by atoms with Crippen LogP contribution in [0.15, 0.2) is 36.5 Å². The fourth-order valence-corrected chi connectivity index (χ4v) is 1.69. The number of rotatable bonds is 2. The van der Waals surface area contributed by atoms with E-state index in [2.05, 4.69) is 4.98 Å². The second-order valence-corrected chi connectivity index (χ2v) is 3.82. The van der Waals surface area contributed by atoms with E-state index in [9.17, 15) is 0 Å². The molecule has 1 aliphatic heterocycles. The van der Waals surface area contributed by atoms with Crippen LogP contribution >= 0.6 is 11.6 Å². The van der Waals surface area contributed by atoms with Gasteiger partial charge in [0.1, 0.15) is 16.7 Å². The summed E-state index contributed by atoms with van der Waals surface area (Å²) in [6.07, 6.45) is 1.59. The minimum Gasteiger partial charge on any atom is -0.457 e. The van der Waals surface area contributed by atoms with Crippen molar-refractivity contribution >= 4 is 11.6 Å². The lowest BCUT2D eigenvalue weighted by atomic mass is 10.3. The van der Waals surface area contributed by atoms with E-state index in [4.69, 9.17) is 25.8 Å². The predicted molar refractivity (Wildman–Crippen MR) is 61.9 cm³/mol. The van der Waals surface area contributed by atoms with Crippen LogP contribution in [0.5, 0.6) is 23.0 Å². The van der Waals surface area contributed by atoms with E-state index >= 15 is 0 Å². The Morgan fingerprint density at radius 3 is 2.76 bits per heavy atom. The van der Waals surface area contributed by atoms with Gasteiger partial charge >= 0.3 is 0 Å². The molecule has 1 aromatic carbocycles. The van der Waals surface area contributed by atoms with Gasteiger partial charge in [0.25, 0.3) is 0 Å². The van der Waals surface area contributed by atoms with Crippen LogP contribution in [-0.4, -0.2) is 11.8 Å². The zero-order chi connectivity index (χ0) is 11.7. The highest BCUT2D eigenvalue weighted by Crippen LogP contribution is 2.36. The minimum atomic E-state index is 0.250. The molecule has 3 rings (SSSR count). The number of aromatic nitrogens is 1. The van der Waals surface area contributed by atoms with Crippen LogP contribution in [0, 0.1) is 0 Å². The molecule has 5 heteroatoms. The molecule has 0 N–H and O–H groups in total. The summed E-state index contributed by atoms with van der Waals surface area (Å²) in [6.45, 7) is 0.250. The summed E-state index contributed by atoms with van der Waals surface area (Å²) in [4.78, 5) is 3.88. The van der Waals surface area contributed by atoms with E-state index < -0.39 is 0 Å². The van der Waals surface area contributed by atoms with E-state index in [1.54, 1.807) is 30.5 Å². The summed E-state index contributed by atoms with van der Waals surface area (Å²) in [5, 5.41) is 0.392. The number of nitrogens with zero attached hydrogens (tertiary/aromatic N) is 1. The number of pyridine rings is 1. The third-order valence-electron chi connectivity index (χ3n) is 2.28. The highest BCUT2D eigenvalue weighted by molar-refractivity contribution is 6.29. The molecule has 0 amide bonds. The van der Waals surface area contributed by atoms with Crippen LogP contribution in [0.3, 0.4) is 0 Å². The fourth-order valence-electron chi connectivity index (χ4n) is 1.52. The van der Waals surface area contributed by atoms with Gasteiger partial charge in [-0.1, -0.05) is 11.6 Å². The Bertz CT molecular complexity index is 559. The summed E-state index contributed by atoms with van der Waals surface area (Å²) in [5.74, 6) is 2.70. The first-order chi connectivity index (χ1) is 8.31. The van der Waals surface area contributed by atoms with Gasteiger partial charge in [0.05, 0.1) is 0 Å². The molecule has 0 saturated heterocycles. The lowest BCUT2D eigenvalue weighted by Gasteiger charge is -2.06. The largest absolute Gasteiger partial charge is 0.457 e. The fraction of sp³-hybridized carbons (Fsp3) is 0.0833. The molecule has 0 spiro atoms. The standard InChI is InChI=1S/C12H8ClNO3/c13-12-6-9(3-4-14-12)17-8-1-2-10-11(5-8)16-7-15-10/h1-6H,7H2. The molecular weight excluding hydrogens is 242 g/mol. The smallest absolute Gasteiger partial charge is 0.231 e. The van der Waals surface area contributed by atoms with Crippen LogP contribution in [0.1, 0.15) is 0 Å². The van der Waals surface area contributed by atoms with Gasteiger partial charge in [-0.2, -0.15) is 0 Å². The van der Waals surface area contributed by atoms with Gasteiger partial charge in [0.2, 0.25) is 6.79 Å². The lowest BCUT2D eigenvalue weighted by Crippen LogP contribution is -1.92. The molecular formula is C12H8ClNO3. The average molecular weight is 250 g/mol. The van der Waals surface area contributed by atoms with Crippen molar-refractivity contribution in [3.05, 3.63) is 41.7 Å². The van der Waals surface area contributed by atoms with Gasteiger partial charge < -0.3 is 14.2 Å². The van der Waals surface area contributed by atoms with Crippen LogP contribution in [0.25, 0.3) is 0 Å². The molecule has 0 radical (unpaired) electrons. The zero-order valence-corrected chi connectivity index (χ0v) is 9.48. The number of hydrogen-bond donors (Lipinski definition) is 0. The van der Waals surface area contributed by atoms with Gasteiger partial charge in [-0.25, -0.2) is 4.98 Å². The van der Waals surface area contributed by atoms with Gasteiger partial charge in [0, 0.05) is 18.3 Å². The van der Waals surface area contributed by atoms with E-state index in [0.717, 1.165) is 5.75 Å². The molecule has 0 bridgehead atoms. The molecule has 86 valence electrons. The second kappa shape index (κ2) is 4.14. The van der Waals surface area contributed by atoms with Gasteiger partial charge in [-0.05, 0) is 18.2 Å². The first-order valence-electron chi connectivity index (χ1n) is 5.00. The molecule has 0 atom stereocenters. The first kappa shape index (κ1) is 10.2. The number of hydrogen-bond acceptors (Lipinski definition) is 4. The van der Waals surface area contributed by atoms with Crippen LogP contribution in [0.2, 0.25) is 5.15 Å². The van der Waals surface area contributed by atoms with Gasteiger partial charge in [-0.15, -0.1) is 0 Å². The number of benzene rings is 1. The quantitative estimate of drug-likeness (QED) is 0.766. The highest BCUT2D eigenvalue weighted by atomic mass is 35.5. The normalized spacial score (nSPS) is 12.5. The van der Waals surface area contributed by atoms with Crippen LogP contribution in [-0.2, 0) is 0 Å². The number of halogens is 1. The maximum Gasteiger partial charge on any atom is 0.231 e. The summed E-state index contributed by atoms with van der Waals surface area (Å²) in [6, 6.07) is 8.77. The zero-order valence-electron chi connectivity index (χ0n) is 8.72. The van der Waals surface area contributed by atoms with Crippen molar-refractivity contribution in [2.45, 2.75) is 0 Å². The molecule has 2 aromatic rings. The minimum absolute atomic E-state index is 0.250. The van der Waals surface area contributed by atoms with Crippen molar-refractivity contribution in [2.75, 3.05) is 6.79 Å². The van der Waals surface area contributed by atoms with Crippen molar-refractivity contribution in [1.29, 1.82) is 0 Å². The topological polar surface area (TPSA) is 40.6 Å². The van der Waals surface area contributed by atoms with E-state index in [-0.39, 0.29) is 6.79 Å². The first-order valence-corrected chi connectivity index (χ1v) is 5.38. The maximum atomic E-state index is 5.77. The molecule has 1 aromatic heterocycles. The van der Waals surface area contributed by atoms with Crippen molar-refractivity contribution in [2.24, 2.45) is 0 Å². The van der Waals surface area contributed by atoms with E-state index in [0.29, 0.717) is 22.4 Å². The Morgan fingerprint density at radius 2 is 1.88 bits per heavy atom. The highest BCUT2D eigenvalue weighted by Gasteiger charge is 2.13. The van der Waals surface area contributed by atoms with Crippen molar-refractivity contribution in [1.82, 2.24) is 4.98 Å². The third kappa shape index (κ3) is 2.12. The molecule has 0 saturated carbocycles. The molecule has 2 heterocycles. The Morgan fingerprint density at radius 1 is 1.06 bits per heavy atom. The molecule has 0 unspecified atom stereocenters. The van der Waals surface area contributed by atoms with Crippen LogP contribution < -0.4 is 14.2 Å². The summed E-state index contributed by atoms with van der Waals surface area (Å²) in [7, 11) is 0. The monoisotopic (exact) mass is 249 g/mol. The Labute approximate surface area is 103 Å². The van der Waals surface area contributed by atoms with E-state index in [1.807, 2.05) is 6.07 Å². The lowest BCUT2D eigenvalue weighted by molar-refractivity contribution is 0.174. The molecule has 4 nitrogen and oxygen atoms in total. The maximum absolute atomic E-state index is 5.77.